The van der Waals surface area contributed by atoms with Crippen molar-refractivity contribution in [3.05, 3.63) is 16.6 Å². The number of morpholine rings is 1. The van der Waals surface area contributed by atoms with E-state index in [0.717, 1.165) is 60.8 Å². The normalized spacial score (nSPS) is 16.1. The van der Waals surface area contributed by atoms with Crippen molar-refractivity contribution >= 4 is 32.7 Å². The molecule has 0 radical (unpaired) electrons. The van der Waals surface area contributed by atoms with Gasteiger partial charge in [0.15, 0.2) is 11.4 Å². The molecule has 1 fully saturated rings. The number of benzene rings is 1. The van der Waals surface area contributed by atoms with Gasteiger partial charge in [0.2, 0.25) is 0 Å². The molecule has 0 bridgehead atoms. The van der Waals surface area contributed by atoms with Crippen molar-refractivity contribution in [1.29, 1.82) is 0 Å². The van der Waals surface area contributed by atoms with Gasteiger partial charge in [-0.1, -0.05) is 5.16 Å². The van der Waals surface area contributed by atoms with E-state index in [2.05, 4.69) is 30.9 Å². The van der Waals surface area contributed by atoms with Crippen LogP contribution in [0, 0.1) is 0 Å². The monoisotopic (exact) mass is 369 g/mol. The molecule has 2 heterocycles. The fourth-order valence-electron chi connectivity index (χ4n) is 2.60. The maximum Gasteiger partial charge on any atom is 0.187 e. The minimum absolute atomic E-state index is 0.715. The summed E-state index contributed by atoms with van der Waals surface area (Å²) in [6.07, 6.45) is 0. The van der Waals surface area contributed by atoms with Crippen LogP contribution in [0.3, 0.4) is 0 Å². The maximum absolute atomic E-state index is 5.48. The molecule has 0 saturated carbocycles. The number of likely N-dealkylation sites (N-methyl/N-ethyl adjacent to an activating group) is 1. The highest BCUT2D eigenvalue weighted by molar-refractivity contribution is 9.10. The largest absolute Gasteiger partial charge is 0.495 e. The number of hydrogen-bond donors (Lipinski definition) is 0. The lowest BCUT2D eigenvalue weighted by Gasteiger charge is -2.28. The Morgan fingerprint density at radius 3 is 2.86 bits per heavy atom. The number of nitrogens with zero attached hydrogens (tertiary/aromatic N) is 3. The third kappa shape index (κ3) is 3.06. The second-order valence-corrected chi connectivity index (χ2v) is 6.13. The predicted molar refractivity (Wildman–Crippen MR) is 88.8 cm³/mol. The molecule has 6 nitrogen and oxygen atoms in total. The van der Waals surface area contributed by atoms with Crippen molar-refractivity contribution in [3.8, 4) is 5.75 Å². The SMILES string of the molecule is COc1ccc2c(N(C)CCN3CCOCC3)noc2c1Br. The first-order chi connectivity index (χ1) is 10.7. The van der Waals surface area contributed by atoms with E-state index in [9.17, 15) is 0 Å². The number of aromatic nitrogens is 1. The Morgan fingerprint density at radius 1 is 1.36 bits per heavy atom. The highest BCUT2D eigenvalue weighted by Crippen LogP contribution is 2.36. The minimum atomic E-state index is 0.715. The second-order valence-electron chi connectivity index (χ2n) is 5.34. The predicted octanol–water partition coefficient (Wildman–Crippen LogP) is 2.37. The van der Waals surface area contributed by atoms with Gasteiger partial charge in [-0.05, 0) is 28.1 Å². The number of methoxy groups -OCH3 is 1. The lowest BCUT2D eigenvalue weighted by Crippen LogP contribution is -2.40. The summed E-state index contributed by atoms with van der Waals surface area (Å²) >= 11 is 3.51. The van der Waals surface area contributed by atoms with Crippen LogP contribution in [0.25, 0.3) is 11.0 Å². The molecule has 120 valence electrons. The zero-order chi connectivity index (χ0) is 15.5. The maximum atomic E-state index is 5.48. The highest BCUT2D eigenvalue weighted by atomic mass is 79.9. The number of halogens is 1. The third-order valence-corrected chi connectivity index (χ3v) is 4.71. The van der Waals surface area contributed by atoms with Crippen molar-refractivity contribution in [2.24, 2.45) is 0 Å². The fourth-order valence-corrected chi connectivity index (χ4v) is 3.18. The number of hydrogen-bond acceptors (Lipinski definition) is 6. The zero-order valence-electron chi connectivity index (χ0n) is 12.8. The number of anilines is 1. The molecule has 1 aromatic heterocycles. The second kappa shape index (κ2) is 6.85. The molecule has 0 unspecified atom stereocenters. The summed E-state index contributed by atoms with van der Waals surface area (Å²) in [5.41, 5.74) is 0.715. The molecule has 0 N–H and O–H groups in total. The van der Waals surface area contributed by atoms with Gasteiger partial charge in [0.05, 0.1) is 25.7 Å². The first kappa shape index (κ1) is 15.6. The lowest BCUT2D eigenvalue weighted by atomic mass is 10.2. The van der Waals surface area contributed by atoms with E-state index in [1.165, 1.54) is 0 Å². The molecule has 0 spiro atoms. The molecule has 1 saturated heterocycles. The summed E-state index contributed by atoms with van der Waals surface area (Å²) in [4.78, 5) is 4.53. The van der Waals surface area contributed by atoms with Crippen LogP contribution in [0.5, 0.6) is 5.75 Å². The lowest BCUT2D eigenvalue weighted by molar-refractivity contribution is 0.0392. The van der Waals surface area contributed by atoms with Crippen molar-refractivity contribution < 1.29 is 14.0 Å². The molecule has 1 aliphatic rings. The number of rotatable bonds is 5. The van der Waals surface area contributed by atoms with Gasteiger partial charge in [-0.15, -0.1) is 0 Å². The summed E-state index contributed by atoms with van der Waals surface area (Å²) in [5, 5.41) is 5.20. The van der Waals surface area contributed by atoms with E-state index in [1.807, 2.05) is 19.2 Å². The van der Waals surface area contributed by atoms with Crippen molar-refractivity contribution in [2.75, 3.05) is 58.5 Å². The van der Waals surface area contributed by atoms with Crippen LogP contribution in [0.15, 0.2) is 21.1 Å². The molecule has 1 aliphatic heterocycles. The van der Waals surface area contributed by atoms with E-state index >= 15 is 0 Å². The van der Waals surface area contributed by atoms with Gasteiger partial charge in [0.25, 0.3) is 0 Å². The topological polar surface area (TPSA) is 51.0 Å². The quantitative estimate of drug-likeness (QED) is 0.806. The molecular weight excluding hydrogens is 350 g/mol. The Labute approximate surface area is 138 Å². The summed E-state index contributed by atoms with van der Waals surface area (Å²) in [5.74, 6) is 1.60. The zero-order valence-corrected chi connectivity index (χ0v) is 14.4. The molecule has 22 heavy (non-hydrogen) atoms. The first-order valence-corrected chi connectivity index (χ1v) is 8.13. The van der Waals surface area contributed by atoms with E-state index in [4.69, 9.17) is 14.0 Å². The summed E-state index contributed by atoms with van der Waals surface area (Å²) in [7, 11) is 3.67. The van der Waals surface area contributed by atoms with Gasteiger partial charge in [-0.3, -0.25) is 4.90 Å². The molecule has 2 aromatic rings. The molecule has 1 aromatic carbocycles. The van der Waals surface area contributed by atoms with Gasteiger partial charge >= 0.3 is 0 Å². The standard InChI is InChI=1S/C15H20BrN3O3/c1-18(5-6-19-7-9-21-10-8-19)15-11-3-4-12(20-2)13(16)14(11)22-17-15/h3-4H,5-10H2,1-2H3. The van der Waals surface area contributed by atoms with Gasteiger partial charge in [0.1, 0.15) is 10.2 Å². The molecular formula is C15H20BrN3O3. The van der Waals surface area contributed by atoms with Gasteiger partial charge < -0.3 is 18.9 Å². The van der Waals surface area contributed by atoms with Gasteiger partial charge in [-0.2, -0.15) is 0 Å². The Hall–Kier alpha value is -1.31. The van der Waals surface area contributed by atoms with Crippen LogP contribution in [0.1, 0.15) is 0 Å². The van der Waals surface area contributed by atoms with E-state index in [0.29, 0.717) is 5.58 Å². The molecule has 3 rings (SSSR count). The summed E-state index contributed by atoms with van der Waals surface area (Å²) < 4.78 is 16.9. The average molecular weight is 370 g/mol. The van der Waals surface area contributed by atoms with Gasteiger partial charge in [0, 0.05) is 33.2 Å². The fraction of sp³-hybridized carbons (Fsp3) is 0.533. The van der Waals surface area contributed by atoms with E-state index in [1.54, 1.807) is 7.11 Å². The van der Waals surface area contributed by atoms with Crippen molar-refractivity contribution in [1.82, 2.24) is 10.1 Å². The minimum Gasteiger partial charge on any atom is -0.495 e. The molecule has 0 atom stereocenters. The average Bonchev–Trinajstić information content (AvgIpc) is 2.99. The third-order valence-electron chi connectivity index (χ3n) is 3.96. The summed E-state index contributed by atoms with van der Waals surface area (Å²) in [6, 6.07) is 3.90. The number of fused-ring (bicyclic) bond motifs is 1. The van der Waals surface area contributed by atoms with Crippen LogP contribution in [-0.2, 0) is 4.74 Å². The molecule has 0 aliphatic carbocycles. The summed E-state index contributed by atoms with van der Waals surface area (Å²) in [6.45, 7) is 5.52. The Bertz CT molecular complexity index is 640. The van der Waals surface area contributed by atoms with Crippen molar-refractivity contribution in [2.45, 2.75) is 0 Å². The highest BCUT2D eigenvalue weighted by Gasteiger charge is 2.18. The van der Waals surface area contributed by atoms with Gasteiger partial charge in [-0.25, -0.2) is 0 Å². The van der Waals surface area contributed by atoms with Crippen molar-refractivity contribution in [3.63, 3.8) is 0 Å². The van der Waals surface area contributed by atoms with E-state index < -0.39 is 0 Å². The molecule has 0 amide bonds. The van der Waals surface area contributed by atoms with Crippen LogP contribution in [-0.4, -0.2) is 63.6 Å². The van der Waals surface area contributed by atoms with Crippen LogP contribution >= 0.6 is 15.9 Å². The van der Waals surface area contributed by atoms with Crippen LogP contribution in [0.4, 0.5) is 5.82 Å². The molecule has 7 heteroatoms. The number of ether oxygens (including phenoxy) is 2. The Balaban J connectivity index is 1.73. The first-order valence-electron chi connectivity index (χ1n) is 7.34. The Kier molecular flexibility index (Phi) is 4.85. The van der Waals surface area contributed by atoms with Crippen LogP contribution in [0.2, 0.25) is 0 Å². The van der Waals surface area contributed by atoms with E-state index in [-0.39, 0.29) is 0 Å². The Morgan fingerprint density at radius 2 is 2.14 bits per heavy atom. The smallest absolute Gasteiger partial charge is 0.187 e. The van der Waals surface area contributed by atoms with Crippen LogP contribution < -0.4 is 9.64 Å².